The summed E-state index contributed by atoms with van der Waals surface area (Å²) in [6, 6.07) is 11.1. The van der Waals surface area contributed by atoms with E-state index in [1.165, 1.54) is 6.07 Å². The van der Waals surface area contributed by atoms with Crippen LogP contribution in [0.3, 0.4) is 0 Å². The highest BCUT2D eigenvalue weighted by atomic mass is 19.1. The van der Waals surface area contributed by atoms with Crippen LogP contribution in [0.4, 0.5) is 8.78 Å². The number of hydrogen-bond acceptors (Lipinski definition) is 2. The molecule has 0 bridgehead atoms. The monoisotopic (exact) mass is 395 g/mol. The Morgan fingerprint density at radius 2 is 1.79 bits per heavy atom. The van der Waals surface area contributed by atoms with Crippen LogP contribution in [0.2, 0.25) is 0 Å². The van der Waals surface area contributed by atoms with Gasteiger partial charge < -0.3 is 5.32 Å². The highest BCUT2D eigenvalue weighted by Crippen LogP contribution is 2.41. The maximum absolute atomic E-state index is 14.0. The number of nitrogens with one attached hydrogen (secondary N) is 1. The Hall–Kier alpha value is -3.02. The number of halogens is 2. The van der Waals surface area contributed by atoms with E-state index in [2.05, 4.69) is 24.3 Å². The Kier molecular flexibility index (Phi) is 4.73. The molecule has 29 heavy (non-hydrogen) atoms. The van der Waals surface area contributed by atoms with Crippen LogP contribution >= 0.6 is 0 Å². The number of aromatic nitrogens is 2. The second kappa shape index (κ2) is 7.10. The first-order valence-electron chi connectivity index (χ1n) is 9.64. The van der Waals surface area contributed by atoms with Crippen molar-refractivity contribution in [3.63, 3.8) is 0 Å². The lowest BCUT2D eigenvalue weighted by Crippen LogP contribution is -2.37. The molecular weight excluding hydrogens is 372 g/mol. The van der Waals surface area contributed by atoms with Crippen molar-refractivity contribution >= 4 is 5.91 Å². The standard InChI is InChI=1S/C23H23F2N3O/c1-14-7-9-15(10-8-14)28-20-12-23(2,3)11-19(16(20)13-26-28)27-22(29)21-17(24)5-4-6-18(21)25/h4-10,13,19H,11-12H2,1-3H3,(H,27,29). The number of nitrogens with zero attached hydrogens (tertiary/aromatic N) is 2. The summed E-state index contributed by atoms with van der Waals surface area (Å²) < 4.78 is 30.0. The van der Waals surface area contributed by atoms with Crippen LogP contribution < -0.4 is 5.32 Å². The summed E-state index contributed by atoms with van der Waals surface area (Å²) in [7, 11) is 0. The van der Waals surface area contributed by atoms with Gasteiger partial charge in [0.15, 0.2) is 0 Å². The van der Waals surface area contributed by atoms with Gasteiger partial charge in [-0.1, -0.05) is 37.6 Å². The van der Waals surface area contributed by atoms with E-state index >= 15 is 0 Å². The molecule has 1 aliphatic carbocycles. The van der Waals surface area contributed by atoms with E-state index < -0.39 is 23.1 Å². The zero-order valence-corrected chi connectivity index (χ0v) is 16.7. The summed E-state index contributed by atoms with van der Waals surface area (Å²) in [5.41, 5.74) is 3.33. The molecule has 0 aliphatic heterocycles. The first-order chi connectivity index (χ1) is 13.7. The molecule has 1 amide bonds. The van der Waals surface area contributed by atoms with Gasteiger partial charge in [-0.3, -0.25) is 4.79 Å². The summed E-state index contributed by atoms with van der Waals surface area (Å²) in [5.74, 6) is -2.49. The van der Waals surface area contributed by atoms with E-state index in [1.54, 1.807) is 6.20 Å². The number of hydrogen-bond donors (Lipinski definition) is 1. The average molecular weight is 395 g/mol. The van der Waals surface area contributed by atoms with Crippen LogP contribution in [0.5, 0.6) is 0 Å². The Labute approximate surface area is 168 Å². The van der Waals surface area contributed by atoms with Crippen LogP contribution in [0.15, 0.2) is 48.7 Å². The van der Waals surface area contributed by atoms with Crippen molar-refractivity contribution in [1.29, 1.82) is 0 Å². The van der Waals surface area contributed by atoms with E-state index in [0.717, 1.165) is 41.1 Å². The lowest BCUT2D eigenvalue weighted by molar-refractivity contribution is 0.0910. The minimum absolute atomic E-state index is 0.110. The molecule has 0 saturated heterocycles. The molecule has 1 atom stereocenters. The fourth-order valence-corrected chi connectivity index (χ4v) is 4.02. The number of aryl methyl sites for hydroxylation is 1. The third-order valence-electron chi connectivity index (χ3n) is 5.45. The molecule has 3 aromatic rings. The first kappa shape index (κ1) is 19.3. The minimum atomic E-state index is -0.867. The second-order valence-corrected chi connectivity index (χ2v) is 8.46. The third kappa shape index (κ3) is 3.67. The fourth-order valence-electron chi connectivity index (χ4n) is 4.02. The van der Waals surface area contributed by atoms with E-state index in [9.17, 15) is 13.6 Å². The maximum Gasteiger partial charge on any atom is 0.257 e. The predicted molar refractivity (Wildman–Crippen MR) is 107 cm³/mol. The molecule has 4 rings (SSSR count). The summed E-state index contributed by atoms with van der Waals surface area (Å²) >= 11 is 0. The number of carbonyl (C=O) groups excluding carboxylic acids is 1. The largest absolute Gasteiger partial charge is 0.345 e. The Balaban J connectivity index is 1.70. The number of carbonyl (C=O) groups is 1. The molecule has 150 valence electrons. The van der Waals surface area contributed by atoms with Crippen LogP contribution in [-0.2, 0) is 6.42 Å². The van der Waals surface area contributed by atoms with Gasteiger partial charge in [0, 0.05) is 5.56 Å². The quantitative estimate of drug-likeness (QED) is 0.686. The number of rotatable bonds is 3. The van der Waals surface area contributed by atoms with E-state index in [4.69, 9.17) is 0 Å². The first-order valence-corrected chi connectivity index (χ1v) is 9.64. The predicted octanol–water partition coefficient (Wildman–Crippen LogP) is 4.90. The zero-order chi connectivity index (χ0) is 20.8. The van der Waals surface area contributed by atoms with Crippen LogP contribution in [0.25, 0.3) is 5.69 Å². The van der Waals surface area contributed by atoms with Crippen LogP contribution in [0.1, 0.15) is 53.5 Å². The zero-order valence-electron chi connectivity index (χ0n) is 16.7. The summed E-state index contributed by atoms with van der Waals surface area (Å²) in [6.45, 7) is 6.26. The molecule has 2 aromatic carbocycles. The summed E-state index contributed by atoms with van der Waals surface area (Å²) in [6.07, 6.45) is 3.19. The average Bonchev–Trinajstić information content (AvgIpc) is 3.05. The van der Waals surface area contributed by atoms with Gasteiger partial charge in [-0.05, 0) is 49.4 Å². The highest BCUT2D eigenvalue weighted by Gasteiger charge is 2.36. The molecule has 0 spiro atoms. The van der Waals surface area contributed by atoms with Gasteiger partial charge in [0.1, 0.15) is 17.2 Å². The van der Waals surface area contributed by atoms with Crippen LogP contribution in [-0.4, -0.2) is 15.7 Å². The summed E-state index contributed by atoms with van der Waals surface area (Å²) in [5, 5.41) is 7.38. The van der Waals surface area contributed by atoms with E-state index in [-0.39, 0.29) is 11.5 Å². The van der Waals surface area contributed by atoms with Gasteiger partial charge in [-0.25, -0.2) is 13.5 Å². The topological polar surface area (TPSA) is 46.9 Å². The fraction of sp³-hybridized carbons (Fsp3) is 0.304. The molecule has 1 N–H and O–H groups in total. The van der Waals surface area contributed by atoms with Gasteiger partial charge in [0.25, 0.3) is 5.91 Å². The van der Waals surface area contributed by atoms with Gasteiger partial charge in [0.05, 0.1) is 23.6 Å². The number of benzene rings is 2. The Morgan fingerprint density at radius 3 is 2.45 bits per heavy atom. The lowest BCUT2D eigenvalue weighted by Gasteiger charge is -2.36. The minimum Gasteiger partial charge on any atom is -0.345 e. The van der Waals surface area contributed by atoms with E-state index in [0.29, 0.717) is 6.42 Å². The lowest BCUT2D eigenvalue weighted by atomic mass is 9.74. The molecule has 4 nitrogen and oxygen atoms in total. The molecule has 6 heteroatoms. The molecule has 0 saturated carbocycles. The van der Waals surface area contributed by atoms with Crippen molar-refractivity contribution in [2.45, 2.75) is 39.7 Å². The van der Waals surface area contributed by atoms with E-state index in [1.807, 2.05) is 35.9 Å². The molecule has 0 fully saturated rings. The number of amides is 1. The normalized spacial score (nSPS) is 17.6. The second-order valence-electron chi connectivity index (χ2n) is 8.46. The van der Waals surface area contributed by atoms with Crippen molar-refractivity contribution in [2.75, 3.05) is 0 Å². The smallest absolute Gasteiger partial charge is 0.257 e. The van der Waals surface area contributed by atoms with Crippen molar-refractivity contribution in [3.8, 4) is 5.69 Å². The van der Waals surface area contributed by atoms with Gasteiger partial charge in [0.2, 0.25) is 0 Å². The Morgan fingerprint density at radius 1 is 1.14 bits per heavy atom. The molecule has 1 heterocycles. The Bertz CT molecular complexity index is 1050. The summed E-state index contributed by atoms with van der Waals surface area (Å²) in [4.78, 5) is 12.7. The third-order valence-corrected chi connectivity index (χ3v) is 5.45. The SMILES string of the molecule is Cc1ccc(-n2ncc3c2CC(C)(C)CC3NC(=O)c2c(F)cccc2F)cc1. The molecule has 1 unspecified atom stereocenters. The molecule has 1 aromatic heterocycles. The molecule has 0 radical (unpaired) electrons. The molecule has 1 aliphatic rings. The van der Waals surface area contributed by atoms with Crippen LogP contribution in [0, 0.1) is 24.0 Å². The maximum atomic E-state index is 14.0. The van der Waals surface area contributed by atoms with Gasteiger partial charge >= 0.3 is 0 Å². The van der Waals surface area contributed by atoms with Crippen molar-refractivity contribution in [2.24, 2.45) is 5.41 Å². The number of fused-ring (bicyclic) bond motifs is 1. The highest BCUT2D eigenvalue weighted by molar-refractivity contribution is 5.95. The van der Waals surface area contributed by atoms with Gasteiger partial charge in [-0.15, -0.1) is 0 Å². The molecular formula is C23H23F2N3O. The van der Waals surface area contributed by atoms with Crippen molar-refractivity contribution in [1.82, 2.24) is 15.1 Å². The van der Waals surface area contributed by atoms with Gasteiger partial charge in [-0.2, -0.15) is 5.10 Å². The van der Waals surface area contributed by atoms with Crippen molar-refractivity contribution in [3.05, 3.63) is 82.7 Å². The van der Waals surface area contributed by atoms with Crippen molar-refractivity contribution < 1.29 is 13.6 Å².